The number of hydrogen-bond donors (Lipinski definition) is 0. The van der Waals surface area contributed by atoms with Gasteiger partial charge in [0.15, 0.2) is 0 Å². The monoisotopic (exact) mass is 229 g/mol. The van der Waals surface area contributed by atoms with Crippen LogP contribution in [-0.2, 0) is 6.42 Å². The summed E-state index contributed by atoms with van der Waals surface area (Å²) >= 11 is 0. The fraction of sp³-hybridized carbons (Fsp3) is 0.385. The van der Waals surface area contributed by atoms with Crippen LogP contribution in [0, 0.1) is 0 Å². The SMILES string of the molecule is Cl.[2H]C([2H])([2H])N(CCC1=Cc2ccccc2C1)C([2H])([2H])[2H]. The molecule has 0 saturated heterocycles. The molecule has 1 aromatic rings. The van der Waals surface area contributed by atoms with Crippen LogP contribution >= 0.6 is 12.4 Å². The second-order valence-electron chi connectivity index (χ2n) is 3.58. The van der Waals surface area contributed by atoms with E-state index in [4.69, 9.17) is 8.22 Å². The highest BCUT2D eigenvalue weighted by atomic mass is 35.5. The predicted molar refractivity (Wildman–Crippen MR) is 68.5 cm³/mol. The standard InChI is InChI=1S/C13H17N.ClH/c1-14(2)8-7-11-9-12-5-3-4-6-13(12)10-11;/h3-6,9H,7-8,10H2,1-2H3;1H/i1D3,2D3;. The normalized spacial score (nSPS) is 21.0. The number of rotatable bonds is 3. The molecule has 0 N–H and O–H groups in total. The molecule has 0 fully saturated rings. The van der Waals surface area contributed by atoms with Crippen molar-refractivity contribution in [3.63, 3.8) is 0 Å². The van der Waals surface area contributed by atoms with Gasteiger partial charge in [-0.1, -0.05) is 35.9 Å². The lowest BCUT2D eigenvalue weighted by Gasteiger charge is -2.09. The quantitative estimate of drug-likeness (QED) is 0.771. The maximum Gasteiger partial charge on any atom is 0.0394 e. The Balaban J connectivity index is 0.00000220. The fourth-order valence-electron chi connectivity index (χ4n) is 1.77. The number of benzene rings is 1. The molecule has 0 atom stereocenters. The lowest BCUT2D eigenvalue weighted by molar-refractivity contribution is 0.412. The molecule has 0 aromatic heterocycles. The minimum atomic E-state index is -2.60. The van der Waals surface area contributed by atoms with E-state index in [-0.39, 0.29) is 19.0 Å². The molecule has 0 radical (unpaired) electrons. The summed E-state index contributed by atoms with van der Waals surface area (Å²) in [7, 11) is 0. The van der Waals surface area contributed by atoms with Crippen LogP contribution in [0.2, 0.25) is 0 Å². The van der Waals surface area contributed by atoms with Crippen LogP contribution in [0.3, 0.4) is 0 Å². The summed E-state index contributed by atoms with van der Waals surface area (Å²) in [5.41, 5.74) is 3.42. The first-order chi connectivity index (χ1) is 9.18. The molecule has 2 rings (SSSR count). The maximum absolute atomic E-state index is 7.33. The molecule has 0 aliphatic heterocycles. The third-order valence-electron chi connectivity index (χ3n) is 2.49. The van der Waals surface area contributed by atoms with Crippen LogP contribution < -0.4 is 0 Å². The first kappa shape index (κ1) is 6.07. The highest BCUT2D eigenvalue weighted by molar-refractivity contribution is 5.85. The Bertz CT molecular complexity index is 506. The summed E-state index contributed by atoms with van der Waals surface area (Å²) in [4.78, 5) is 0.615. The molecule has 15 heavy (non-hydrogen) atoms. The summed E-state index contributed by atoms with van der Waals surface area (Å²) in [5.74, 6) is 0. The Labute approximate surface area is 107 Å². The van der Waals surface area contributed by atoms with Crippen molar-refractivity contribution >= 4 is 18.5 Å². The van der Waals surface area contributed by atoms with Gasteiger partial charge in [0, 0.05) is 14.8 Å². The van der Waals surface area contributed by atoms with Gasteiger partial charge in [-0.15, -0.1) is 12.4 Å². The molecule has 82 valence electrons. The van der Waals surface area contributed by atoms with Crippen molar-refractivity contribution in [3.8, 4) is 0 Å². The molecule has 0 amide bonds. The highest BCUT2D eigenvalue weighted by Crippen LogP contribution is 2.26. The van der Waals surface area contributed by atoms with Crippen molar-refractivity contribution in [3.05, 3.63) is 41.0 Å². The average Bonchev–Trinajstić information content (AvgIpc) is 2.67. The van der Waals surface area contributed by atoms with Crippen LogP contribution in [0.1, 0.15) is 25.8 Å². The van der Waals surface area contributed by atoms with E-state index in [9.17, 15) is 0 Å². The summed E-state index contributed by atoms with van der Waals surface area (Å²) in [6, 6.07) is 7.96. The molecule has 1 nitrogen and oxygen atoms in total. The molecule has 0 bridgehead atoms. The van der Waals surface area contributed by atoms with E-state index in [0.717, 1.165) is 17.6 Å². The van der Waals surface area contributed by atoms with Gasteiger partial charge < -0.3 is 4.90 Å². The molecule has 0 unspecified atom stereocenters. The Morgan fingerprint density at radius 2 is 2.13 bits per heavy atom. The number of hydrogen-bond acceptors (Lipinski definition) is 1. The van der Waals surface area contributed by atoms with Gasteiger partial charge in [0.05, 0.1) is 0 Å². The van der Waals surface area contributed by atoms with Crippen LogP contribution in [0.25, 0.3) is 6.08 Å². The van der Waals surface area contributed by atoms with Crippen molar-refractivity contribution in [1.29, 1.82) is 0 Å². The van der Waals surface area contributed by atoms with Crippen molar-refractivity contribution in [2.24, 2.45) is 0 Å². The minimum absolute atomic E-state index is 0. The molecule has 0 heterocycles. The van der Waals surface area contributed by atoms with E-state index in [2.05, 4.69) is 0 Å². The lowest BCUT2D eigenvalue weighted by atomic mass is 10.1. The first-order valence-corrected chi connectivity index (χ1v) is 4.73. The lowest BCUT2D eigenvalue weighted by Crippen LogP contribution is -2.13. The molecular weight excluding hydrogens is 206 g/mol. The zero-order chi connectivity index (χ0) is 15.0. The van der Waals surface area contributed by atoms with Crippen molar-refractivity contribution in [2.75, 3.05) is 20.5 Å². The van der Waals surface area contributed by atoms with Gasteiger partial charge in [-0.05, 0) is 37.9 Å². The first-order valence-electron chi connectivity index (χ1n) is 7.73. The van der Waals surface area contributed by atoms with E-state index in [1.165, 1.54) is 5.56 Å². The Morgan fingerprint density at radius 1 is 1.33 bits per heavy atom. The predicted octanol–water partition coefficient (Wildman–Crippen LogP) is 3.00. The Morgan fingerprint density at radius 3 is 2.87 bits per heavy atom. The van der Waals surface area contributed by atoms with Gasteiger partial charge in [0.25, 0.3) is 0 Å². The second-order valence-corrected chi connectivity index (χ2v) is 3.58. The summed E-state index contributed by atoms with van der Waals surface area (Å²) in [6.45, 7) is -5.19. The summed E-state index contributed by atoms with van der Waals surface area (Å²) in [6.07, 6.45) is 3.24. The van der Waals surface area contributed by atoms with Crippen molar-refractivity contribution < 1.29 is 8.22 Å². The zero-order valence-electron chi connectivity index (χ0n) is 14.4. The number of fused-ring (bicyclic) bond motifs is 1. The van der Waals surface area contributed by atoms with Gasteiger partial charge in [-0.25, -0.2) is 0 Å². The molecule has 1 aromatic carbocycles. The summed E-state index contributed by atoms with van der Waals surface area (Å²) in [5, 5.41) is 0. The van der Waals surface area contributed by atoms with Crippen LogP contribution in [0.15, 0.2) is 29.8 Å². The molecule has 0 spiro atoms. The molecule has 1 aliphatic rings. The van der Waals surface area contributed by atoms with E-state index < -0.39 is 14.0 Å². The van der Waals surface area contributed by atoms with Gasteiger partial charge in [0.2, 0.25) is 0 Å². The molecular formula is C13H18ClN. The van der Waals surface area contributed by atoms with Gasteiger partial charge in [-0.3, -0.25) is 0 Å². The maximum atomic E-state index is 7.33. The number of nitrogens with zero attached hydrogens (tertiary/aromatic N) is 1. The summed E-state index contributed by atoms with van der Waals surface area (Å²) < 4.78 is 44.0. The van der Waals surface area contributed by atoms with Crippen molar-refractivity contribution in [1.82, 2.24) is 4.90 Å². The van der Waals surface area contributed by atoms with Crippen molar-refractivity contribution in [2.45, 2.75) is 12.8 Å². The van der Waals surface area contributed by atoms with Gasteiger partial charge in [0.1, 0.15) is 0 Å². The Kier molecular flexibility index (Phi) is 2.16. The van der Waals surface area contributed by atoms with Gasteiger partial charge in [-0.2, -0.15) is 0 Å². The van der Waals surface area contributed by atoms with E-state index in [0.29, 0.717) is 11.3 Å². The van der Waals surface area contributed by atoms with Crippen LogP contribution in [0.4, 0.5) is 0 Å². The number of halogens is 1. The smallest absolute Gasteiger partial charge is 0.0394 e. The largest absolute Gasteiger partial charge is 0.309 e. The highest BCUT2D eigenvalue weighted by Gasteiger charge is 2.11. The van der Waals surface area contributed by atoms with Gasteiger partial charge >= 0.3 is 0 Å². The fourth-order valence-corrected chi connectivity index (χ4v) is 1.77. The van der Waals surface area contributed by atoms with E-state index in [1.54, 1.807) is 0 Å². The van der Waals surface area contributed by atoms with E-state index in [1.807, 2.05) is 30.3 Å². The van der Waals surface area contributed by atoms with Crippen LogP contribution in [0.5, 0.6) is 0 Å². The third kappa shape index (κ3) is 3.08. The second kappa shape index (κ2) is 5.34. The third-order valence-corrected chi connectivity index (χ3v) is 2.49. The molecule has 2 heteroatoms. The molecule has 1 aliphatic carbocycles. The van der Waals surface area contributed by atoms with Crippen LogP contribution in [-0.4, -0.2) is 25.4 Å². The zero-order valence-corrected chi connectivity index (χ0v) is 9.18. The topological polar surface area (TPSA) is 3.24 Å². The average molecular weight is 230 g/mol. The molecule has 0 saturated carbocycles. The Hall–Kier alpha value is -0.790. The minimum Gasteiger partial charge on any atom is -0.309 e. The van der Waals surface area contributed by atoms with E-state index >= 15 is 0 Å².